The number of hydrogen-bond donors (Lipinski definition) is 2. The zero-order chi connectivity index (χ0) is 11.9. The van der Waals surface area contributed by atoms with E-state index in [4.69, 9.17) is 0 Å². The Kier molecular flexibility index (Phi) is 1.06. The van der Waals surface area contributed by atoms with Crippen LogP contribution >= 0.6 is 0 Å². The Morgan fingerprint density at radius 1 is 0.824 bits per heavy atom. The average Bonchev–Trinajstić information content (AvgIpc) is 2.24. The molecule has 2 bridgehead atoms. The summed E-state index contributed by atoms with van der Waals surface area (Å²) in [4.78, 5) is 22.8. The van der Waals surface area contributed by atoms with Gasteiger partial charge in [0.15, 0.2) is 0 Å². The first-order valence-electron chi connectivity index (χ1n) is 6.47. The third kappa shape index (κ3) is 0.526. The highest BCUT2D eigenvalue weighted by Gasteiger charge is 2.96. The first kappa shape index (κ1) is 8.95. The summed E-state index contributed by atoms with van der Waals surface area (Å²) in [5.74, 6) is 0.418. The monoisotopic (exact) mass is 234 g/mol. The second-order valence-corrected chi connectivity index (χ2v) is 6.98. The van der Waals surface area contributed by atoms with Crippen LogP contribution in [0.5, 0.6) is 0 Å². The van der Waals surface area contributed by atoms with Crippen LogP contribution in [0.3, 0.4) is 0 Å². The van der Waals surface area contributed by atoms with E-state index in [1.807, 2.05) is 0 Å². The summed E-state index contributed by atoms with van der Waals surface area (Å²) in [7, 11) is 0. The van der Waals surface area contributed by atoms with Gasteiger partial charge in [0.1, 0.15) is 0 Å². The number of carbonyl (C=O) groups is 2. The Hall–Kier alpha value is -1.06. The molecule has 0 spiro atoms. The SMILES string of the molecule is CC12C3[C@H]4C5[C@@H]3[C@@H]1C([C@H]42)[C@H](C(=O)O)[C@@H]5C(=O)O. The maximum Gasteiger partial charge on any atom is 0.307 e. The van der Waals surface area contributed by atoms with E-state index in [0.717, 1.165) is 5.92 Å². The van der Waals surface area contributed by atoms with E-state index >= 15 is 0 Å². The van der Waals surface area contributed by atoms with Gasteiger partial charge >= 0.3 is 11.9 Å². The predicted molar refractivity (Wildman–Crippen MR) is 54.8 cm³/mol. The molecule has 2 N–H and O–H groups in total. The highest BCUT2D eigenvalue weighted by molar-refractivity contribution is 5.83. The lowest BCUT2D eigenvalue weighted by Gasteiger charge is -2.99. The molecule has 90 valence electrons. The second kappa shape index (κ2) is 2.02. The predicted octanol–water partition coefficient (Wildman–Crippen LogP) is 0.776. The zero-order valence-electron chi connectivity index (χ0n) is 9.41. The van der Waals surface area contributed by atoms with E-state index in [2.05, 4.69) is 6.92 Å². The molecule has 0 aromatic rings. The summed E-state index contributed by atoms with van der Waals surface area (Å²) in [6.45, 7) is 2.30. The van der Waals surface area contributed by atoms with Crippen molar-refractivity contribution in [2.24, 2.45) is 58.7 Å². The van der Waals surface area contributed by atoms with Crippen molar-refractivity contribution in [2.45, 2.75) is 6.92 Å². The molecular weight excluding hydrogens is 220 g/mol. The lowest BCUT2D eigenvalue weighted by atomic mass is 9.04. The van der Waals surface area contributed by atoms with E-state index in [9.17, 15) is 19.8 Å². The number of carboxylic acid groups (broad SMARTS) is 2. The largest absolute Gasteiger partial charge is 0.481 e. The summed E-state index contributed by atoms with van der Waals surface area (Å²) >= 11 is 0. The van der Waals surface area contributed by atoms with Gasteiger partial charge in [-0.15, -0.1) is 0 Å². The molecule has 6 aliphatic rings. The van der Waals surface area contributed by atoms with Gasteiger partial charge in [-0.25, -0.2) is 0 Å². The molecule has 6 rings (SSSR count). The molecular formula is C13H14O4. The first-order chi connectivity index (χ1) is 8.01. The van der Waals surface area contributed by atoms with Crippen molar-refractivity contribution < 1.29 is 19.8 Å². The standard InChI is InChI=1S/C13H14O4/c1-13-8-5-2-3(11(14)15)4(12(16)17)7(9(5)13)10(13)6(2)8/h2-10H,1H3,(H,14,15)(H,16,17)/t2?,3-,4-,5-,6+,7?,8?,9+,10-,13?/m1/s1. The van der Waals surface area contributed by atoms with Gasteiger partial charge in [0.05, 0.1) is 11.8 Å². The molecule has 0 heterocycles. The smallest absolute Gasteiger partial charge is 0.307 e. The Morgan fingerprint density at radius 3 is 1.71 bits per heavy atom. The third-order valence-electron chi connectivity index (χ3n) is 7.32. The molecule has 4 unspecified atom stereocenters. The molecule has 6 aliphatic carbocycles. The van der Waals surface area contributed by atoms with Gasteiger partial charge in [0, 0.05) is 0 Å². The molecule has 0 aliphatic heterocycles. The van der Waals surface area contributed by atoms with Crippen molar-refractivity contribution >= 4 is 11.9 Å². The minimum Gasteiger partial charge on any atom is -0.481 e. The van der Waals surface area contributed by atoms with Gasteiger partial charge in [0.25, 0.3) is 0 Å². The fraction of sp³-hybridized carbons (Fsp3) is 0.846. The quantitative estimate of drug-likeness (QED) is 0.740. The van der Waals surface area contributed by atoms with Crippen molar-refractivity contribution in [1.82, 2.24) is 0 Å². The van der Waals surface area contributed by atoms with E-state index in [-0.39, 0.29) is 11.8 Å². The zero-order valence-corrected chi connectivity index (χ0v) is 9.41. The van der Waals surface area contributed by atoms with Crippen molar-refractivity contribution in [2.75, 3.05) is 0 Å². The van der Waals surface area contributed by atoms with Crippen LogP contribution in [0.2, 0.25) is 0 Å². The average molecular weight is 234 g/mol. The third-order valence-corrected chi connectivity index (χ3v) is 7.32. The van der Waals surface area contributed by atoms with Crippen molar-refractivity contribution in [1.29, 1.82) is 0 Å². The Morgan fingerprint density at radius 2 is 1.24 bits per heavy atom. The van der Waals surface area contributed by atoms with Gasteiger partial charge in [-0.2, -0.15) is 0 Å². The van der Waals surface area contributed by atoms with Gasteiger partial charge in [-0.1, -0.05) is 6.92 Å². The Bertz CT molecular complexity index is 478. The van der Waals surface area contributed by atoms with Crippen molar-refractivity contribution in [3.8, 4) is 0 Å². The molecule has 4 heteroatoms. The molecule has 0 aromatic heterocycles. The van der Waals surface area contributed by atoms with Crippen LogP contribution in [-0.4, -0.2) is 22.2 Å². The molecule has 0 aromatic carbocycles. The highest BCUT2D eigenvalue weighted by Crippen LogP contribution is 2.98. The van der Waals surface area contributed by atoms with E-state index < -0.39 is 23.8 Å². The minimum absolute atomic E-state index is 0.184. The van der Waals surface area contributed by atoms with Crippen LogP contribution in [-0.2, 0) is 9.59 Å². The Labute approximate surface area is 98.0 Å². The number of carboxylic acids is 2. The van der Waals surface area contributed by atoms with Gasteiger partial charge in [0.2, 0.25) is 0 Å². The number of fused-ring (bicyclic) bond motifs is 1. The van der Waals surface area contributed by atoms with Crippen LogP contribution in [0.4, 0.5) is 0 Å². The molecule has 17 heavy (non-hydrogen) atoms. The van der Waals surface area contributed by atoms with Crippen LogP contribution < -0.4 is 0 Å². The van der Waals surface area contributed by atoms with E-state index in [1.165, 1.54) is 0 Å². The number of hydrogen-bond acceptors (Lipinski definition) is 2. The van der Waals surface area contributed by atoms with E-state index in [1.54, 1.807) is 0 Å². The summed E-state index contributed by atoms with van der Waals surface area (Å²) in [5, 5.41) is 18.7. The maximum atomic E-state index is 11.4. The molecule has 6 saturated carbocycles. The van der Waals surface area contributed by atoms with Crippen LogP contribution in [0, 0.1) is 58.7 Å². The molecule has 0 saturated heterocycles. The second-order valence-electron chi connectivity index (χ2n) is 6.98. The lowest BCUT2D eigenvalue weighted by molar-refractivity contribution is -0.526. The molecule has 4 nitrogen and oxygen atoms in total. The van der Waals surface area contributed by atoms with Gasteiger partial charge < -0.3 is 10.2 Å². The van der Waals surface area contributed by atoms with Crippen molar-refractivity contribution in [3.63, 3.8) is 0 Å². The van der Waals surface area contributed by atoms with Gasteiger partial charge in [-0.3, -0.25) is 9.59 Å². The first-order valence-corrected chi connectivity index (χ1v) is 6.47. The summed E-state index contributed by atoms with van der Waals surface area (Å²) in [5.41, 5.74) is 0.424. The van der Waals surface area contributed by atoms with E-state index in [0.29, 0.717) is 29.1 Å². The molecule has 0 amide bonds. The summed E-state index contributed by atoms with van der Waals surface area (Å²) in [6, 6.07) is 0. The van der Waals surface area contributed by atoms with Crippen molar-refractivity contribution in [3.05, 3.63) is 0 Å². The minimum atomic E-state index is -0.873. The lowest BCUT2D eigenvalue weighted by Crippen LogP contribution is -2.97. The number of aliphatic carboxylic acids is 2. The summed E-state index contributed by atoms with van der Waals surface area (Å²) < 4.78 is 0. The van der Waals surface area contributed by atoms with Crippen LogP contribution in [0.25, 0.3) is 0 Å². The molecule has 6 fully saturated rings. The van der Waals surface area contributed by atoms with Crippen LogP contribution in [0.1, 0.15) is 6.92 Å². The Balaban J connectivity index is 1.63. The highest BCUT2D eigenvalue weighted by atomic mass is 16.4. The van der Waals surface area contributed by atoms with Gasteiger partial charge in [-0.05, 0) is 46.8 Å². The fourth-order valence-electron chi connectivity index (χ4n) is 7.35. The number of rotatable bonds is 2. The molecule has 0 radical (unpaired) electrons. The summed E-state index contributed by atoms with van der Waals surface area (Å²) in [6.07, 6.45) is 0. The molecule has 10 atom stereocenters. The van der Waals surface area contributed by atoms with Crippen LogP contribution in [0.15, 0.2) is 0 Å². The fourth-order valence-corrected chi connectivity index (χ4v) is 7.35. The topological polar surface area (TPSA) is 74.6 Å². The normalized spacial score (nSPS) is 71.2. The maximum absolute atomic E-state index is 11.4.